The molecule has 5 heteroatoms. The molecule has 3 N–H and O–H groups in total. The molecule has 0 saturated carbocycles. The Morgan fingerprint density at radius 1 is 1.26 bits per heavy atom. The molecule has 96 valence electrons. The third-order valence-electron chi connectivity index (χ3n) is 2.59. The molecule has 0 aliphatic heterocycles. The largest absolute Gasteiger partial charge is 0.389 e. The molecular formula is C14H13N3OS. The second-order valence-electron chi connectivity index (χ2n) is 3.99. The lowest BCUT2D eigenvalue weighted by Gasteiger charge is -2.06. The summed E-state index contributed by atoms with van der Waals surface area (Å²) < 4.78 is 0. The van der Waals surface area contributed by atoms with Crippen LogP contribution in [0.15, 0.2) is 48.8 Å². The number of nitrogens with two attached hydrogens (primary N) is 1. The standard InChI is InChI=1S/C14H13N3OS/c15-13(19)11-4-1-5-12(7-11)14(18)17-9-10-3-2-6-16-8-10/h1-8H,9H2,(H2,15,19)(H,17,18). The second-order valence-corrected chi connectivity index (χ2v) is 4.43. The van der Waals surface area contributed by atoms with Gasteiger partial charge in [0.05, 0.1) is 0 Å². The van der Waals surface area contributed by atoms with Gasteiger partial charge in [-0.25, -0.2) is 0 Å². The number of nitrogens with one attached hydrogen (secondary N) is 1. The fourth-order valence-corrected chi connectivity index (χ4v) is 1.73. The number of carbonyl (C=O) groups is 1. The third kappa shape index (κ3) is 3.59. The van der Waals surface area contributed by atoms with Crippen LogP contribution < -0.4 is 11.1 Å². The first-order valence-electron chi connectivity index (χ1n) is 5.74. The van der Waals surface area contributed by atoms with E-state index in [9.17, 15) is 4.79 Å². The maximum absolute atomic E-state index is 12.0. The molecule has 0 bridgehead atoms. The van der Waals surface area contributed by atoms with Gasteiger partial charge in [0.15, 0.2) is 0 Å². The van der Waals surface area contributed by atoms with Crippen molar-refractivity contribution in [2.45, 2.75) is 6.54 Å². The van der Waals surface area contributed by atoms with Crippen molar-refractivity contribution in [2.24, 2.45) is 5.73 Å². The Labute approximate surface area is 116 Å². The zero-order valence-electron chi connectivity index (χ0n) is 10.2. The highest BCUT2D eigenvalue weighted by molar-refractivity contribution is 7.80. The molecule has 0 atom stereocenters. The van der Waals surface area contributed by atoms with E-state index in [1.54, 1.807) is 36.7 Å². The molecule has 2 rings (SSSR count). The lowest BCUT2D eigenvalue weighted by molar-refractivity contribution is 0.0951. The van der Waals surface area contributed by atoms with Crippen LogP contribution in [-0.4, -0.2) is 15.9 Å². The van der Waals surface area contributed by atoms with Crippen LogP contribution in [0.4, 0.5) is 0 Å². The van der Waals surface area contributed by atoms with Gasteiger partial charge in [0.2, 0.25) is 0 Å². The van der Waals surface area contributed by atoms with E-state index in [-0.39, 0.29) is 10.9 Å². The van der Waals surface area contributed by atoms with Gasteiger partial charge in [-0.05, 0) is 23.8 Å². The fraction of sp³-hybridized carbons (Fsp3) is 0.0714. The van der Waals surface area contributed by atoms with E-state index in [4.69, 9.17) is 18.0 Å². The summed E-state index contributed by atoms with van der Waals surface area (Å²) in [5.41, 5.74) is 7.71. The Morgan fingerprint density at radius 3 is 2.74 bits per heavy atom. The van der Waals surface area contributed by atoms with Crippen LogP contribution in [0.3, 0.4) is 0 Å². The molecule has 0 aliphatic rings. The number of amides is 1. The molecule has 0 fully saturated rings. The van der Waals surface area contributed by atoms with Gasteiger partial charge in [-0.15, -0.1) is 0 Å². The van der Waals surface area contributed by atoms with Gasteiger partial charge in [0.1, 0.15) is 4.99 Å². The summed E-state index contributed by atoms with van der Waals surface area (Å²) in [5, 5.41) is 2.82. The summed E-state index contributed by atoms with van der Waals surface area (Å²) in [5.74, 6) is -0.165. The average Bonchev–Trinajstić information content (AvgIpc) is 2.46. The smallest absolute Gasteiger partial charge is 0.251 e. The minimum atomic E-state index is -0.165. The van der Waals surface area contributed by atoms with E-state index in [1.807, 2.05) is 12.1 Å². The van der Waals surface area contributed by atoms with Crippen LogP contribution in [0, 0.1) is 0 Å². The molecule has 0 saturated heterocycles. The van der Waals surface area contributed by atoms with Crippen molar-refractivity contribution < 1.29 is 4.79 Å². The molecule has 19 heavy (non-hydrogen) atoms. The SMILES string of the molecule is NC(=S)c1cccc(C(=O)NCc2cccnc2)c1. The first kappa shape index (κ1) is 13.2. The zero-order chi connectivity index (χ0) is 13.7. The second kappa shape index (κ2) is 6.06. The number of pyridine rings is 1. The van der Waals surface area contributed by atoms with Crippen molar-refractivity contribution in [3.05, 3.63) is 65.5 Å². The molecule has 0 spiro atoms. The molecular weight excluding hydrogens is 258 g/mol. The van der Waals surface area contributed by atoms with E-state index in [1.165, 1.54) is 0 Å². The average molecular weight is 271 g/mol. The van der Waals surface area contributed by atoms with E-state index < -0.39 is 0 Å². The van der Waals surface area contributed by atoms with Crippen LogP contribution in [0.5, 0.6) is 0 Å². The Bertz CT molecular complexity index is 599. The molecule has 0 aliphatic carbocycles. The Morgan fingerprint density at radius 2 is 2.05 bits per heavy atom. The summed E-state index contributed by atoms with van der Waals surface area (Å²) in [6.07, 6.45) is 3.41. The van der Waals surface area contributed by atoms with Crippen LogP contribution in [0.2, 0.25) is 0 Å². The molecule has 4 nitrogen and oxygen atoms in total. The highest BCUT2D eigenvalue weighted by atomic mass is 32.1. The molecule has 1 aromatic heterocycles. The molecule has 1 aromatic carbocycles. The maximum Gasteiger partial charge on any atom is 0.251 e. The third-order valence-corrected chi connectivity index (χ3v) is 2.82. The summed E-state index contributed by atoms with van der Waals surface area (Å²) in [6, 6.07) is 10.7. The number of aromatic nitrogens is 1. The Hall–Kier alpha value is -2.27. The van der Waals surface area contributed by atoms with Crippen molar-refractivity contribution >= 4 is 23.1 Å². The normalized spacial score (nSPS) is 9.89. The van der Waals surface area contributed by atoms with Crippen molar-refractivity contribution in [3.8, 4) is 0 Å². The number of rotatable bonds is 4. The Balaban J connectivity index is 2.04. The quantitative estimate of drug-likeness (QED) is 0.830. The summed E-state index contributed by atoms with van der Waals surface area (Å²) in [7, 11) is 0. The minimum Gasteiger partial charge on any atom is -0.389 e. The first-order chi connectivity index (χ1) is 9.16. The summed E-state index contributed by atoms with van der Waals surface area (Å²) in [6.45, 7) is 0.434. The molecule has 1 heterocycles. The highest BCUT2D eigenvalue weighted by Crippen LogP contribution is 2.06. The van der Waals surface area contributed by atoms with Gasteiger partial charge in [0.25, 0.3) is 5.91 Å². The first-order valence-corrected chi connectivity index (χ1v) is 6.14. The van der Waals surface area contributed by atoms with Crippen LogP contribution in [-0.2, 0) is 6.54 Å². The lowest BCUT2D eigenvalue weighted by atomic mass is 10.1. The number of benzene rings is 1. The summed E-state index contributed by atoms with van der Waals surface area (Å²) >= 11 is 4.89. The van der Waals surface area contributed by atoms with Crippen molar-refractivity contribution in [1.82, 2.24) is 10.3 Å². The maximum atomic E-state index is 12.0. The predicted molar refractivity (Wildman–Crippen MR) is 77.7 cm³/mol. The number of nitrogens with zero attached hydrogens (tertiary/aromatic N) is 1. The van der Waals surface area contributed by atoms with Gasteiger partial charge < -0.3 is 11.1 Å². The molecule has 0 unspecified atom stereocenters. The number of thiocarbonyl (C=S) groups is 1. The fourth-order valence-electron chi connectivity index (χ4n) is 1.60. The van der Waals surface area contributed by atoms with Gasteiger partial charge in [-0.2, -0.15) is 0 Å². The van der Waals surface area contributed by atoms with Gasteiger partial charge in [0, 0.05) is 30.1 Å². The van der Waals surface area contributed by atoms with E-state index in [2.05, 4.69) is 10.3 Å². The molecule has 0 radical (unpaired) electrons. The predicted octanol–water partition coefficient (Wildman–Crippen LogP) is 1.65. The van der Waals surface area contributed by atoms with Crippen molar-refractivity contribution in [3.63, 3.8) is 0 Å². The van der Waals surface area contributed by atoms with Gasteiger partial charge >= 0.3 is 0 Å². The molecule has 2 aromatic rings. The highest BCUT2D eigenvalue weighted by Gasteiger charge is 2.06. The van der Waals surface area contributed by atoms with E-state index in [0.29, 0.717) is 17.7 Å². The number of hydrogen-bond donors (Lipinski definition) is 2. The van der Waals surface area contributed by atoms with Gasteiger partial charge in [-0.1, -0.05) is 30.4 Å². The lowest BCUT2D eigenvalue weighted by Crippen LogP contribution is -2.23. The van der Waals surface area contributed by atoms with E-state index >= 15 is 0 Å². The monoisotopic (exact) mass is 271 g/mol. The molecule has 1 amide bonds. The number of hydrogen-bond acceptors (Lipinski definition) is 3. The van der Waals surface area contributed by atoms with Crippen LogP contribution in [0.25, 0.3) is 0 Å². The van der Waals surface area contributed by atoms with Crippen molar-refractivity contribution in [2.75, 3.05) is 0 Å². The topological polar surface area (TPSA) is 68.0 Å². The van der Waals surface area contributed by atoms with E-state index in [0.717, 1.165) is 5.56 Å². The van der Waals surface area contributed by atoms with Gasteiger partial charge in [-0.3, -0.25) is 9.78 Å². The van der Waals surface area contributed by atoms with Crippen LogP contribution in [0.1, 0.15) is 21.5 Å². The Kier molecular flexibility index (Phi) is 4.20. The summed E-state index contributed by atoms with van der Waals surface area (Å²) in [4.78, 5) is 16.2. The van der Waals surface area contributed by atoms with Crippen LogP contribution >= 0.6 is 12.2 Å². The number of carbonyl (C=O) groups excluding carboxylic acids is 1. The zero-order valence-corrected chi connectivity index (χ0v) is 11.0. The minimum absolute atomic E-state index is 0.165. The van der Waals surface area contributed by atoms with Crippen molar-refractivity contribution in [1.29, 1.82) is 0 Å².